The molecule has 21 aromatic carbocycles. The Labute approximate surface area is 747 Å². The molecule has 0 atom stereocenters. The van der Waals surface area contributed by atoms with Gasteiger partial charge in [-0.3, -0.25) is 0 Å². The van der Waals surface area contributed by atoms with Crippen LogP contribution in [0.4, 0.5) is 34.1 Å². The maximum atomic E-state index is 7.49. The first-order valence-corrected chi connectivity index (χ1v) is 44.5. The van der Waals surface area contributed by atoms with E-state index in [4.69, 9.17) is 8.83 Å². The van der Waals surface area contributed by atoms with Crippen LogP contribution in [0.2, 0.25) is 0 Å². The van der Waals surface area contributed by atoms with E-state index in [1.807, 2.05) is 0 Å². The molecule has 0 unspecified atom stereocenters. The third kappa shape index (κ3) is 12.9. The average molecular weight is 1650 g/mol. The second-order valence-corrected chi connectivity index (χ2v) is 34.0. The lowest BCUT2D eigenvalue weighted by atomic mass is 9.92. The number of aryl methyl sites for hydroxylation is 1. The van der Waals surface area contributed by atoms with Crippen molar-refractivity contribution < 1.29 is 8.83 Å². The number of aromatic nitrogens is 1. The summed E-state index contributed by atoms with van der Waals surface area (Å²) in [7, 11) is 0. The molecule has 0 saturated carbocycles. The minimum absolute atomic E-state index is 0.798. The maximum Gasteiger partial charge on any atom is 0.143 e. The number of allylic oxidation sites excluding steroid dienone is 1. The van der Waals surface area contributed by atoms with Crippen LogP contribution in [0.15, 0.2) is 470 Å². The van der Waals surface area contributed by atoms with Gasteiger partial charge >= 0.3 is 0 Å². The first-order chi connectivity index (χ1) is 64.0. The highest BCUT2D eigenvalue weighted by Gasteiger charge is 2.29. The molecule has 3 aromatic heterocycles. The SMILES string of the molecule is C1=Cc2c(c3ccccc3n2-c2ccccc2-c2ccc(N(c3cc(-c4ccc5ccccc5c4)ccc3-c3ccccc3)c3ccccc3-c3cccc4c3oc3cc(-c5cccc(-c6ccc(-c7ccc8ccccc8c7)cc6N(c6ccc(-c7cc8ccccc8c8ccccc78)cc6)c6ccccc6-c6cccc7c6oc6ccccc67)c5)ccc34)cc2)CC1. The summed E-state index contributed by atoms with van der Waals surface area (Å²) < 4.78 is 16.9. The number of hydrogen-bond acceptors (Lipinski definition) is 4. The molecule has 0 amide bonds. The quantitative estimate of drug-likeness (QED) is 0.0904. The Morgan fingerprint density at radius 3 is 1.30 bits per heavy atom. The van der Waals surface area contributed by atoms with Crippen LogP contribution in [0.5, 0.6) is 0 Å². The largest absolute Gasteiger partial charge is 0.455 e. The first kappa shape index (κ1) is 74.7. The summed E-state index contributed by atoms with van der Waals surface area (Å²) in [5.74, 6) is 0. The van der Waals surface area contributed by atoms with Crippen molar-refractivity contribution in [2.24, 2.45) is 0 Å². The molecule has 25 rings (SSSR count). The lowest BCUT2D eigenvalue weighted by molar-refractivity contribution is 0.669. The smallest absolute Gasteiger partial charge is 0.143 e. The summed E-state index contributed by atoms with van der Waals surface area (Å²) >= 11 is 0. The Bertz CT molecular complexity index is 8640. The van der Waals surface area contributed by atoms with E-state index in [2.05, 4.69) is 481 Å². The Balaban J connectivity index is 0.639. The van der Waals surface area contributed by atoms with E-state index in [9.17, 15) is 0 Å². The molecular formula is C124H81N3O2. The van der Waals surface area contributed by atoms with E-state index in [-0.39, 0.29) is 0 Å². The van der Waals surface area contributed by atoms with Crippen LogP contribution in [0.25, 0.3) is 210 Å². The zero-order chi connectivity index (χ0) is 85.0. The molecule has 0 aliphatic heterocycles. The lowest BCUT2D eigenvalue weighted by Gasteiger charge is -2.31. The molecule has 1 aliphatic rings. The van der Waals surface area contributed by atoms with Crippen LogP contribution < -0.4 is 9.80 Å². The van der Waals surface area contributed by atoms with Gasteiger partial charge in [0.25, 0.3) is 0 Å². The fourth-order valence-corrected chi connectivity index (χ4v) is 20.5. The van der Waals surface area contributed by atoms with E-state index in [1.165, 1.54) is 70.8 Å². The highest BCUT2D eigenvalue weighted by atomic mass is 16.3. The predicted molar refractivity (Wildman–Crippen MR) is 544 cm³/mol. The van der Waals surface area contributed by atoms with Crippen molar-refractivity contribution in [2.75, 3.05) is 9.80 Å². The van der Waals surface area contributed by atoms with Crippen LogP contribution in [0, 0.1) is 0 Å². The third-order valence-electron chi connectivity index (χ3n) is 26.7. The molecule has 0 bridgehead atoms. The highest BCUT2D eigenvalue weighted by Crippen LogP contribution is 2.53. The topological polar surface area (TPSA) is 37.7 Å². The molecule has 5 heteroatoms. The molecule has 604 valence electrons. The summed E-state index contributed by atoms with van der Waals surface area (Å²) in [5, 5.41) is 15.2. The van der Waals surface area contributed by atoms with Gasteiger partial charge in [-0.2, -0.15) is 0 Å². The zero-order valence-electron chi connectivity index (χ0n) is 70.5. The fourth-order valence-electron chi connectivity index (χ4n) is 20.5. The van der Waals surface area contributed by atoms with Gasteiger partial charge < -0.3 is 23.2 Å². The minimum Gasteiger partial charge on any atom is -0.455 e. The number of benzene rings is 21. The maximum absolute atomic E-state index is 7.49. The monoisotopic (exact) mass is 1640 g/mol. The zero-order valence-corrected chi connectivity index (χ0v) is 70.5. The van der Waals surface area contributed by atoms with Gasteiger partial charge in [-0.05, 0) is 232 Å². The van der Waals surface area contributed by atoms with Crippen LogP contribution in [0.1, 0.15) is 17.7 Å². The van der Waals surface area contributed by atoms with Crippen LogP contribution in [-0.4, -0.2) is 4.57 Å². The van der Waals surface area contributed by atoms with Gasteiger partial charge in [0.15, 0.2) is 0 Å². The predicted octanol–water partition coefficient (Wildman–Crippen LogP) is 34.9. The molecule has 3 heterocycles. The first-order valence-electron chi connectivity index (χ1n) is 44.5. The molecule has 0 radical (unpaired) electrons. The molecule has 24 aromatic rings. The van der Waals surface area contributed by atoms with E-state index >= 15 is 0 Å². The van der Waals surface area contributed by atoms with E-state index < -0.39 is 0 Å². The third-order valence-corrected chi connectivity index (χ3v) is 26.7. The fraction of sp³-hybridized carbons (Fsp3) is 0.0161. The Morgan fingerprint density at radius 2 is 0.643 bits per heavy atom. The number of rotatable bonds is 16. The Hall–Kier alpha value is -16.9. The summed E-state index contributed by atoms with van der Waals surface area (Å²) in [6.07, 6.45) is 6.70. The van der Waals surface area contributed by atoms with Crippen molar-refractivity contribution in [3.8, 4) is 106 Å². The number of anilines is 6. The second kappa shape index (κ2) is 31.1. The summed E-state index contributed by atoms with van der Waals surface area (Å²) in [5.41, 5.74) is 33.9. The van der Waals surface area contributed by atoms with Gasteiger partial charge in [0.2, 0.25) is 0 Å². The van der Waals surface area contributed by atoms with Gasteiger partial charge in [-0.15, -0.1) is 0 Å². The normalized spacial score (nSPS) is 12.1. The number of hydrogen-bond donors (Lipinski definition) is 0. The van der Waals surface area contributed by atoms with Crippen molar-refractivity contribution >= 4 is 138 Å². The van der Waals surface area contributed by atoms with Crippen molar-refractivity contribution in [2.45, 2.75) is 12.8 Å². The van der Waals surface area contributed by atoms with E-state index in [1.54, 1.807) is 0 Å². The number of fused-ring (bicyclic) bond motifs is 14. The van der Waals surface area contributed by atoms with Gasteiger partial charge in [0.05, 0.1) is 34.0 Å². The van der Waals surface area contributed by atoms with Gasteiger partial charge in [-0.25, -0.2) is 0 Å². The molecule has 1 aliphatic carbocycles. The Kier molecular flexibility index (Phi) is 18.0. The van der Waals surface area contributed by atoms with Crippen LogP contribution >= 0.6 is 0 Å². The van der Waals surface area contributed by atoms with Crippen LogP contribution in [-0.2, 0) is 6.42 Å². The van der Waals surface area contributed by atoms with Crippen LogP contribution in [0.3, 0.4) is 0 Å². The van der Waals surface area contributed by atoms with Crippen molar-refractivity contribution in [1.82, 2.24) is 4.57 Å². The number of nitrogens with zero attached hydrogens (tertiary/aromatic N) is 3. The van der Waals surface area contributed by atoms with Crippen molar-refractivity contribution in [1.29, 1.82) is 0 Å². The average Bonchev–Trinajstić information content (AvgIpc) is 1.68. The number of furan rings is 2. The molecule has 0 spiro atoms. The number of para-hydroxylation sites is 7. The molecule has 0 N–H and O–H groups in total. The Morgan fingerprint density at radius 1 is 0.217 bits per heavy atom. The molecule has 0 saturated heterocycles. The van der Waals surface area contributed by atoms with Gasteiger partial charge in [0, 0.05) is 82.9 Å². The lowest BCUT2D eigenvalue weighted by Crippen LogP contribution is -2.13. The summed E-state index contributed by atoms with van der Waals surface area (Å²) in [6.45, 7) is 0. The molecule has 0 fully saturated rings. The van der Waals surface area contributed by atoms with Gasteiger partial charge in [0.1, 0.15) is 22.3 Å². The van der Waals surface area contributed by atoms with Crippen molar-refractivity contribution in [3.63, 3.8) is 0 Å². The molecular weight excluding hydrogens is 1560 g/mol. The molecule has 129 heavy (non-hydrogen) atoms. The van der Waals surface area contributed by atoms with Crippen molar-refractivity contribution in [3.05, 3.63) is 472 Å². The second-order valence-electron chi connectivity index (χ2n) is 34.0. The minimum atomic E-state index is 0.798. The molecule has 5 nitrogen and oxygen atoms in total. The van der Waals surface area contributed by atoms with E-state index in [0.717, 1.165) is 191 Å². The van der Waals surface area contributed by atoms with E-state index in [0.29, 0.717) is 0 Å². The summed E-state index contributed by atoms with van der Waals surface area (Å²) in [4.78, 5) is 4.97. The highest BCUT2D eigenvalue weighted by molar-refractivity contribution is 6.16. The van der Waals surface area contributed by atoms with Gasteiger partial charge in [-0.1, -0.05) is 358 Å². The standard InChI is InChI=1S/C124H81N3O2/c1-2-29-82(30-3-1)99-70-63-90(88-57-55-80-27-4-6-31-85(80)73-88)77-119(99)125(95-66-59-83(60-67-95)98-37-12-18-49-114(98)127-117-52-21-13-40-103(117)104-41-14-22-53-118(104)127)115-50-19-16-43-106(115)110-46-26-48-112-108-72-65-92(79-122(108)129-124(110)112)87-34-24-35-93(75-87)100-71-64-91(89-58-56-81-28-5-7-32-86(81)74-89)78-120(100)126(116-51-20-15-42-105(116)109-45-25-47-111-107-44-17-23-54-121(107)128-123(109)111)96-68-61-84(62-69-96)113-76-94-33-8-9-36-97(94)101-38-10-11-39-102(101)113/h1-13,15-40,42-79H,14,41H2. The summed E-state index contributed by atoms with van der Waals surface area (Å²) in [6, 6.07) is 167.